The maximum atomic E-state index is 13.9. The molecule has 3 rings (SSSR count). The van der Waals surface area contributed by atoms with Gasteiger partial charge in [-0.1, -0.05) is 6.42 Å². The molecule has 2 heterocycles. The van der Waals surface area contributed by atoms with Gasteiger partial charge in [0.05, 0.1) is 5.69 Å². The summed E-state index contributed by atoms with van der Waals surface area (Å²) in [5, 5.41) is 0. The van der Waals surface area contributed by atoms with E-state index in [0.29, 0.717) is 17.4 Å². The largest absolute Gasteiger partial charge is 0.399 e. The predicted octanol–water partition coefficient (Wildman–Crippen LogP) is 2.08. The van der Waals surface area contributed by atoms with Crippen molar-refractivity contribution in [2.45, 2.75) is 25.3 Å². The summed E-state index contributed by atoms with van der Waals surface area (Å²) >= 11 is 0. The van der Waals surface area contributed by atoms with Crippen molar-refractivity contribution in [2.24, 2.45) is 0 Å². The van der Waals surface area contributed by atoms with Gasteiger partial charge in [0.2, 0.25) is 0 Å². The molecule has 0 spiro atoms. The Morgan fingerprint density at radius 3 is 2.89 bits per heavy atom. The summed E-state index contributed by atoms with van der Waals surface area (Å²) in [6.45, 7) is 4.12. The van der Waals surface area contributed by atoms with E-state index < -0.39 is 0 Å². The molecular formula is C14H20FN3. The Labute approximate surface area is 107 Å². The van der Waals surface area contributed by atoms with E-state index in [0.717, 1.165) is 19.6 Å². The number of hydrogen-bond acceptors (Lipinski definition) is 3. The van der Waals surface area contributed by atoms with Gasteiger partial charge in [0.1, 0.15) is 5.82 Å². The summed E-state index contributed by atoms with van der Waals surface area (Å²) in [5.74, 6) is -0.195. The topological polar surface area (TPSA) is 32.5 Å². The second kappa shape index (κ2) is 4.76. The van der Waals surface area contributed by atoms with E-state index in [1.807, 2.05) is 6.07 Å². The van der Waals surface area contributed by atoms with Gasteiger partial charge in [0.15, 0.2) is 0 Å². The lowest BCUT2D eigenvalue weighted by molar-refractivity contribution is 0.133. The zero-order chi connectivity index (χ0) is 12.5. The number of rotatable bonds is 1. The third kappa shape index (κ3) is 2.17. The molecule has 1 aromatic rings. The van der Waals surface area contributed by atoms with Crippen LogP contribution in [-0.2, 0) is 0 Å². The molecule has 0 aromatic heterocycles. The van der Waals surface area contributed by atoms with Gasteiger partial charge >= 0.3 is 0 Å². The Hall–Kier alpha value is -1.29. The molecule has 2 saturated heterocycles. The summed E-state index contributed by atoms with van der Waals surface area (Å²) in [6.07, 6.45) is 3.86. The second-order valence-electron chi connectivity index (χ2n) is 5.34. The smallest absolute Gasteiger partial charge is 0.148 e. The average molecular weight is 249 g/mol. The minimum atomic E-state index is -0.195. The first kappa shape index (κ1) is 11.8. The number of nitrogen functional groups attached to an aromatic ring is 1. The molecule has 0 saturated carbocycles. The molecule has 2 aliphatic heterocycles. The summed E-state index contributed by atoms with van der Waals surface area (Å²) < 4.78 is 13.9. The third-order valence-corrected chi connectivity index (χ3v) is 4.15. The standard InChI is InChI=1S/C14H20FN3/c15-13-9-11(16)4-5-14(13)18-8-7-17-6-2-1-3-12(17)10-18/h4-5,9,12H,1-3,6-8,10,16H2. The van der Waals surface area contributed by atoms with Crippen LogP contribution in [-0.4, -0.2) is 37.1 Å². The maximum Gasteiger partial charge on any atom is 0.148 e. The highest BCUT2D eigenvalue weighted by atomic mass is 19.1. The lowest BCUT2D eigenvalue weighted by Gasteiger charge is -2.45. The van der Waals surface area contributed by atoms with Crippen LogP contribution in [0.5, 0.6) is 0 Å². The van der Waals surface area contributed by atoms with Crippen LogP contribution < -0.4 is 10.6 Å². The first-order valence-corrected chi connectivity index (χ1v) is 6.78. The number of halogens is 1. The quantitative estimate of drug-likeness (QED) is 0.773. The molecule has 2 N–H and O–H groups in total. The van der Waals surface area contributed by atoms with Crippen LogP contribution in [0.15, 0.2) is 18.2 Å². The van der Waals surface area contributed by atoms with Crippen molar-refractivity contribution in [3.05, 3.63) is 24.0 Å². The second-order valence-corrected chi connectivity index (χ2v) is 5.34. The van der Waals surface area contributed by atoms with Crippen molar-refractivity contribution in [3.8, 4) is 0 Å². The Kier molecular flexibility index (Phi) is 3.12. The minimum Gasteiger partial charge on any atom is -0.399 e. The molecule has 0 bridgehead atoms. The molecule has 1 unspecified atom stereocenters. The van der Waals surface area contributed by atoms with Gasteiger partial charge in [-0.05, 0) is 37.6 Å². The Morgan fingerprint density at radius 2 is 2.06 bits per heavy atom. The van der Waals surface area contributed by atoms with Gasteiger partial charge in [-0.25, -0.2) is 4.39 Å². The number of piperidine rings is 1. The van der Waals surface area contributed by atoms with Crippen LogP contribution in [0.3, 0.4) is 0 Å². The van der Waals surface area contributed by atoms with E-state index >= 15 is 0 Å². The lowest BCUT2D eigenvalue weighted by atomic mass is 9.99. The van der Waals surface area contributed by atoms with Gasteiger partial charge in [0.25, 0.3) is 0 Å². The number of benzene rings is 1. The Balaban J connectivity index is 1.77. The molecule has 0 radical (unpaired) electrons. The number of nitrogens with zero attached hydrogens (tertiary/aromatic N) is 2. The molecule has 98 valence electrons. The van der Waals surface area contributed by atoms with Crippen molar-refractivity contribution in [1.82, 2.24) is 4.90 Å². The molecule has 4 heteroatoms. The summed E-state index contributed by atoms with van der Waals surface area (Å²) in [6, 6.07) is 5.61. The van der Waals surface area contributed by atoms with E-state index in [1.54, 1.807) is 6.07 Å². The fourth-order valence-electron chi connectivity index (χ4n) is 3.15. The minimum absolute atomic E-state index is 0.195. The van der Waals surface area contributed by atoms with E-state index in [9.17, 15) is 4.39 Å². The molecule has 1 atom stereocenters. The fraction of sp³-hybridized carbons (Fsp3) is 0.571. The first-order valence-electron chi connectivity index (χ1n) is 6.78. The van der Waals surface area contributed by atoms with Gasteiger partial charge in [-0.2, -0.15) is 0 Å². The van der Waals surface area contributed by atoms with Crippen molar-refractivity contribution in [3.63, 3.8) is 0 Å². The highest BCUT2D eigenvalue weighted by Crippen LogP contribution is 2.27. The monoisotopic (exact) mass is 249 g/mol. The van der Waals surface area contributed by atoms with Crippen LogP contribution in [0.4, 0.5) is 15.8 Å². The fourth-order valence-corrected chi connectivity index (χ4v) is 3.15. The van der Waals surface area contributed by atoms with E-state index in [-0.39, 0.29) is 5.82 Å². The molecule has 1 aromatic carbocycles. The molecule has 3 nitrogen and oxygen atoms in total. The van der Waals surface area contributed by atoms with Gasteiger partial charge in [-0.15, -0.1) is 0 Å². The maximum absolute atomic E-state index is 13.9. The number of fused-ring (bicyclic) bond motifs is 1. The molecule has 18 heavy (non-hydrogen) atoms. The van der Waals surface area contributed by atoms with Crippen LogP contribution in [0.25, 0.3) is 0 Å². The third-order valence-electron chi connectivity index (χ3n) is 4.15. The van der Waals surface area contributed by atoms with E-state index in [1.165, 1.54) is 31.9 Å². The normalized spacial score (nSPS) is 24.9. The Bertz CT molecular complexity index is 435. The summed E-state index contributed by atoms with van der Waals surface area (Å²) in [5.41, 5.74) is 6.79. The first-order chi connectivity index (χ1) is 8.74. The number of anilines is 2. The van der Waals surface area contributed by atoms with Crippen molar-refractivity contribution >= 4 is 11.4 Å². The zero-order valence-electron chi connectivity index (χ0n) is 10.6. The lowest BCUT2D eigenvalue weighted by Crippen LogP contribution is -2.55. The van der Waals surface area contributed by atoms with Crippen molar-refractivity contribution in [1.29, 1.82) is 0 Å². The van der Waals surface area contributed by atoms with Crippen LogP contribution in [0, 0.1) is 5.82 Å². The molecular weight excluding hydrogens is 229 g/mol. The summed E-state index contributed by atoms with van der Waals surface area (Å²) in [7, 11) is 0. The molecule has 2 fully saturated rings. The number of hydrogen-bond donors (Lipinski definition) is 1. The van der Waals surface area contributed by atoms with Gasteiger partial charge < -0.3 is 10.6 Å². The summed E-state index contributed by atoms with van der Waals surface area (Å²) in [4.78, 5) is 4.72. The Morgan fingerprint density at radius 1 is 1.17 bits per heavy atom. The van der Waals surface area contributed by atoms with Crippen molar-refractivity contribution in [2.75, 3.05) is 36.8 Å². The zero-order valence-corrected chi connectivity index (χ0v) is 10.6. The SMILES string of the molecule is Nc1ccc(N2CCN3CCCCC3C2)c(F)c1. The predicted molar refractivity (Wildman–Crippen MR) is 72.2 cm³/mol. The number of piperazine rings is 1. The highest BCUT2D eigenvalue weighted by molar-refractivity contribution is 5.54. The highest BCUT2D eigenvalue weighted by Gasteiger charge is 2.29. The molecule has 0 amide bonds. The van der Waals surface area contributed by atoms with Crippen molar-refractivity contribution < 1.29 is 4.39 Å². The van der Waals surface area contributed by atoms with Crippen LogP contribution in [0.2, 0.25) is 0 Å². The van der Waals surface area contributed by atoms with Crippen LogP contribution >= 0.6 is 0 Å². The molecule has 2 aliphatic rings. The average Bonchev–Trinajstić information content (AvgIpc) is 2.38. The molecule has 0 aliphatic carbocycles. The van der Waals surface area contributed by atoms with E-state index in [4.69, 9.17) is 5.73 Å². The van der Waals surface area contributed by atoms with E-state index in [2.05, 4.69) is 9.80 Å². The van der Waals surface area contributed by atoms with Crippen LogP contribution in [0.1, 0.15) is 19.3 Å². The number of nitrogens with two attached hydrogens (primary N) is 1. The van der Waals surface area contributed by atoms with Gasteiger partial charge in [0, 0.05) is 31.4 Å². The van der Waals surface area contributed by atoms with Gasteiger partial charge in [-0.3, -0.25) is 4.90 Å².